The molecule has 2 aromatic carbocycles. The number of nitrogens with one attached hydrogen (secondary N) is 2. The third kappa shape index (κ3) is 5.32. The third-order valence-corrected chi connectivity index (χ3v) is 4.41. The van der Waals surface area contributed by atoms with Crippen molar-refractivity contribution in [1.29, 1.82) is 0 Å². The lowest BCUT2D eigenvalue weighted by Crippen LogP contribution is -2.22. The van der Waals surface area contributed by atoms with E-state index in [1.54, 1.807) is 12.1 Å². The topological polar surface area (TPSA) is 80.3 Å². The fourth-order valence-electron chi connectivity index (χ4n) is 2.30. The van der Waals surface area contributed by atoms with Gasteiger partial charge in [-0.25, -0.2) is 9.37 Å². The number of hydrogen-bond acceptors (Lipinski definition) is 5. The van der Waals surface area contributed by atoms with Crippen LogP contribution in [0.2, 0.25) is 0 Å². The number of halogens is 4. The van der Waals surface area contributed by atoms with Crippen LogP contribution in [0.1, 0.15) is 16.1 Å². The second-order valence-electron chi connectivity index (χ2n) is 5.80. The molecule has 156 valence electrons. The summed E-state index contributed by atoms with van der Waals surface area (Å²) in [6, 6.07) is 11.4. The number of alkyl halides is 3. The molecule has 0 atom stereocenters. The molecule has 1 aromatic heterocycles. The molecule has 11 heteroatoms. The molecule has 3 rings (SSSR count). The van der Waals surface area contributed by atoms with Gasteiger partial charge in [0.2, 0.25) is 0 Å². The van der Waals surface area contributed by atoms with Gasteiger partial charge in [-0.2, -0.15) is 13.2 Å². The molecule has 0 spiro atoms. The highest BCUT2D eigenvalue weighted by Crippen LogP contribution is 2.32. The largest absolute Gasteiger partial charge is 0.483 e. The van der Waals surface area contributed by atoms with Crippen molar-refractivity contribution in [3.63, 3.8) is 0 Å². The number of hydrogen-bond donors (Lipinski definition) is 2. The van der Waals surface area contributed by atoms with Gasteiger partial charge >= 0.3 is 6.18 Å². The van der Waals surface area contributed by atoms with E-state index in [4.69, 9.17) is 4.74 Å². The minimum absolute atomic E-state index is 0.0139. The molecule has 0 bridgehead atoms. The number of carbonyl (C=O) groups excluding carboxylic acids is 2. The van der Waals surface area contributed by atoms with Crippen molar-refractivity contribution in [3.05, 3.63) is 71.0 Å². The highest BCUT2D eigenvalue weighted by molar-refractivity contribution is 7.14. The summed E-state index contributed by atoms with van der Waals surface area (Å²) in [5.41, 5.74) is -1.15. The third-order valence-electron chi connectivity index (χ3n) is 3.65. The van der Waals surface area contributed by atoms with E-state index >= 15 is 0 Å². The molecule has 0 radical (unpaired) electrons. The van der Waals surface area contributed by atoms with Gasteiger partial charge in [-0.15, -0.1) is 11.3 Å². The lowest BCUT2D eigenvalue weighted by molar-refractivity contribution is -0.140. The van der Waals surface area contributed by atoms with E-state index in [1.807, 2.05) is 0 Å². The number of benzene rings is 2. The summed E-state index contributed by atoms with van der Waals surface area (Å²) in [5.74, 6) is -2.02. The van der Waals surface area contributed by atoms with Gasteiger partial charge in [0.15, 0.2) is 17.4 Å². The highest BCUT2D eigenvalue weighted by atomic mass is 32.1. The first-order valence-electron chi connectivity index (χ1n) is 8.34. The Kier molecular flexibility index (Phi) is 6.31. The second kappa shape index (κ2) is 8.91. The van der Waals surface area contributed by atoms with Gasteiger partial charge in [0.25, 0.3) is 11.8 Å². The number of nitrogens with zero attached hydrogens (tertiary/aromatic N) is 1. The van der Waals surface area contributed by atoms with Crippen LogP contribution in [0, 0.1) is 5.82 Å². The lowest BCUT2D eigenvalue weighted by atomic mass is 10.2. The van der Waals surface area contributed by atoms with Gasteiger partial charge in [-0.3, -0.25) is 14.9 Å². The molecule has 0 aliphatic rings. The summed E-state index contributed by atoms with van der Waals surface area (Å²) in [5, 5.41) is 5.14. The van der Waals surface area contributed by atoms with E-state index in [-0.39, 0.29) is 22.1 Å². The summed E-state index contributed by atoms with van der Waals surface area (Å²) in [6.45, 7) is -0.520. The van der Waals surface area contributed by atoms with Gasteiger partial charge in [-0.05, 0) is 24.3 Å². The normalized spacial score (nSPS) is 11.1. The molecule has 0 saturated carbocycles. The van der Waals surface area contributed by atoms with Crippen LogP contribution in [-0.2, 0) is 11.0 Å². The molecule has 3 aromatic rings. The Morgan fingerprint density at radius 1 is 1.03 bits per heavy atom. The molecular weight excluding hydrogens is 426 g/mol. The minimum Gasteiger partial charge on any atom is -0.483 e. The van der Waals surface area contributed by atoms with Crippen LogP contribution in [0.3, 0.4) is 0 Å². The zero-order valence-electron chi connectivity index (χ0n) is 15.0. The summed E-state index contributed by atoms with van der Waals surface area (Å²) in [6.07, 6.45) is -4.62. The van der Waals surface area contributed by atoms with Gasteiger partial charge in [0.05, 0.1) is 11.3 Å². The number of thiazole rings is 1. The van der Waals surface area contributed by atoms with E-state index in [0.717, 1.165) is 5.38 Å². The van der Waals surface area contributed by atoms with Crippen molar-refractivity contribution < 1.29 is 31.9 Å². The summed E-state index contributed by atoms with van der Waals surface area (Å²) >= 11 is 0.623. The average molecular weight is 439 g/mol. The first-order valence-corrected chi connectivity index (χ1v) is 9.22. The Hall–Kier alpha value is -3.47. The van der Waals surface area contributed by atoms with Crippen molar-refractivity contribution in [2.24, 2.45) is 0 Å². The number of para-hydroxylation sites is 2. The number of amides is 2. The Balaban J connectivity index is 1.65. The Labute approximate surface area is 171 Å². The standard InChI is InChI=1S/C19H13F4N3O3S/c20-12-6-2-3-7-13(12)24-16(27)9-29-14-8-4-1-5-11(14)17(28)26-18-25-15(10-30-18)19(21,22)23/h1-8,10H,9H2,(H,24,27)(H,25,26,28). The maximum absolute atomic E-state index is 13.6. The predicted molar refractivity (Wildman–Crippen MR) is 102 cm³/mol. The van der Waals surface area contributed by atoms with Crippen molar-refractivity contribution in [3.8, 4) is 5.75 Å². The maximum Gasteiger partial charge on any atom is 0.434 e. The molecule has 0 aliphatic heterocycles. The summed E-state index contributed by atoms with van der Waals surface area (Å²) < 4.78 is 56.8. The van der Waals surface area contributed by atoms with Crippen LogP contribution in [-0.4, -0.2) is 23.4 Å². The van der Waals surface area contributed by atoms with Crippen LogP contribution in [0.4, 0.5) is 28.4 Å². The molecule has 0 fully saturated rings. The van der Waals surface area contributed by atoms with Crippen molar-refractivity contribution in [2.75, 3.05) is 17.2 Å². The Morgan fingerprint density at radius 3 is 2.43 bits per heavy atom. The van der Waals surface area contributed by atoms with Crippen LogP contribution in [0.25, 0.3) is 0 Å². The first-order chi connectivity index (χ1) is 14.2. The van der Waals surface area contributed by atoms with Crippen LogP contribution in [0.5, 0.6) is 5.75 Å². The average Bonchev–Trinajstić information content (AvgIpc) is 3.17. The number of ether oxygens (including phenoxy) is 1. The van der Waals surface area contributed by atoms with E-state index in [0.29, 0.717) is 11.3 Å². The van der Waals surface area contributed by atoms with Gasteiger partial charge < -0.3 is 10.1 Å². The molecule has 1 heterocycles. The molecule has 6 nitrogen and oxygen atoms in total. The number of carbonyl (C=O) groups is 2. The molecule has 0 unspecified atom stereocenters. The first kappa shape index (κ1) is 21.2. The quantitative estimate of drug-likeness (QED) is 0.552. The van der Waals surface area contributed by atoms with Crippen LogP contribution >= 0.6 is 11.3 Å². The second-order valence-corrected chi connectivity index (χ2v) is 6.66. The number of aromatic nitrogens is 1. The Morgan fingerprint density at radius 2 is 1.73 bits per heavy atom. The van der Waals surface area contributed by atoms with Crippen LogP contribution < -0.4 is 15.4 Å². The Bertz CT molecular complexity index is 1070. The minimum atomic E-state index is -4.62. The fourth-order valence-corrected chi connectivity index (χ4v) is 3.01. The number of rotatable bonds is 6. The van der Waals surface area contributed by atoms with Gasteiger partial charge in [0, 0.05) is 5.38 Å². The monoisotopic (exact) mass is 439 g/mol. The van der Waals surface area contributed by atoms with E-state index in [9.17, 15) is 27.2 Å². The molecule has 2 amide bonds. The summed E-state index contributed by atoms with van der Waals surface area (Å²) in [7, 11) is 0. The predicted octanol–water partition coefficient (Wildman–Crippen LogP) is 4.57. The van der Waals surface area contributed by atoms with Crippen molar-refractivity contribution in [2.45, 2.75) is 6.18 Å². The molecule has 0 saturated heterocycles. The van der Waals surface area contributed by atoms with Gasteiger partial charge in [-0.1, -0.05) is 24.3 Å². The number of anilines is 2. The molecule has 30 heavy (non-hydrogen) atoms. The zero-order valence-corrected chi connectivity index (χ0v) is 15.8. The van der Waals surface area contributed by atoms with Crippen LogP contribution in [0.15, 0.2) is 53.9 Å². The smallest absolute Gasteiger partial charge is 0.434 e. The summed E-state index contributed by atoms with van der Waals surface area (Å²) in [4.78, 5) is 27.7. The van der Waals surface area contributed by atoms with E-state index < -0.39 is 36.1 Å². The van der Waals surface area contributed by atoms with Crippen molar-refractivity contribution in [1.82, 2.24) is 4.98 Å². The fraction of sp³-hybridized carbons (Fsp3) is 0.105. The maximum atomic E-state index is 13.6. The van der Waals surface area contributed by atoms with Crippen molar-refractivity contribution >= 4 is 34.0 Å². The lowest BCUT2D eigenvalue weighted by Gasteiger charge is -2.11. The molecule has 0 aliphatic carbocycles. The SMILES string of the molecule is O=C(COc1ccccc1C(=O)Nc1nc(C(F)(F)F)cs1)Nc1ccccc1F. The molecular formula is C19H13F4N3O3S. The molecule has 2 N–H and O–H groups in total. The van der Waals surface area contributed by atoms with E-state index in [1.165, 1.54) is 36.4 Å². The highest BCUT2D eigenvalue weighted by Gasteiger charge is 2.34. The van der Waals surface area contributed by atoms with E-state index in [2.05, 4.69) is 15.6 Å². The zero-order chi connectivity index (χ0) is 21.7. The van der Waals surface area contributed by atoms with Gasteiger partial charge in [0.1, 0.15) is 11.6 Å².